The van der Waals surface area contributed by atoms with Gasteiger partial charge in [0, 0.05) is 24.0 Å². The molecule has 1 aromatic rings. The molecule has 1 heterocycles. The van der Waals surface area contributed by atoms with E-state index in [1.165, 1.54) is 17.0 Å². The molecule has 1 saturated heterocycles. The fourth-order valence-electron chi connectivity index (χ4n) is 3.08. The molecule has 1 saturated carbocycles. The van der Waals surface area contributed by atoms with Crippen molar-refractivity contribution in [2.45, 2.75) is 24.6 Å². The van der Waals surface area contributed by atoms with Gasteiger partial charge < -0.3 is 4.90 Å². The second-order valence-electron chi connectivity index (χ2n) is 5.79. The van der Waals surface area contributed by atoms with Gasteiger partial charge in [-0.1, -0.05) is 18.2 Å². The maximum atomic E-state index is 13.1. The van der Waals surface area contributed by atoms with Crippen molar-refractivity contribution in [2.75, 3.05) is 18.1 Å². The van der Waals surface area contributed by atoms with Crippen LogP contribution in [0.4, 0.5) is 13.2 Å². The van der Waals surface area contributed by atoms with Crippen LogP contribution in [0.15, 0.2) is 24.3 Å². The van der Waals surface area contributed by atoms with E-state index in [2.05, 4.69) is 6.07 Å². The molecule has 1 aliphatic carbocycles. The molecular weight excluding hydrogens is 325 g/mol. The maximum Gasteiger partial charge on any atom is 0.416 e. The third-order valence-electron chi connectivity index (χ3n) is 4.33. The van der Waals surface area contributed by atoms with Crippen LogP contribution in [-0.2, 0) is 11.0 Å². The molecule has 0 N–H and O–H groups in total. The Balaban J connectivity index is 1.78. The highest BCUT2D eigenvalue weighted by Crippen LogP contribution is 2.52. The molecule has 3 rings (SSSR count). The van der Waals surface area contributed by atoms with Gasteiger partial charge in [-0.05, 0) is 24.0 Å². The number of amides is 1. The number of carbonyl (C=O) groups excluding carboxylic acids is 1. The molecular formula is C16H15F3N2OS. The highest BCUT2D eigenvalue weighted by Gasteiger charge is 2.50. The Hall–Kier alpha value is -1.68. The van der Waals surface area contributed by atoms with Crippen molar-refractivity contribution >= 4 is 17.7 Å². The number of alkyl halides is 3. The molecule has 3 nitrogen and oxygen atoms in total. The summed E-state index contributed by atoms with van der Waals surface area (Å²) in [4.78, 5) is 14.1. The second-order valence-corrected chi connectivity index (χ2v) is 6.93. The molecule has 1 amide bonds. The largest absolute Gasteiger partial charge is 0.416 e. The van der Waals surface area contributed by atoms with Crippen LogP contribution in [-0.4, -0.2) is 34.9 Å². The van der Waals surface area contributed by atoms with Crippen molar-refractivity contribution in [3.05, 3.63) is 35.4 Å². The minimum Gasteiger partial charge on any atom is -0.325 e. The third-order valence-corrected chi connectivity index (χ3v) is 5.36. The monoisotopic (exact) mass is 340 g/mol. The smallest absolute Gasteiger partial charge is 0.325 e. The van der Waals surface area contributed by atoms with Gasteiger partial charge in [0.05, 0.1) is 11.6 Å². The number of benzene rings is 1. The molecule has 2 fully saturated rings. The van der Waals surface area contributed by atoms with Crippen LogP contribution in [0.25, 0.3) is 0 Å². The molecule has 1 aromatic carbocycles. The summed E-state index contributed by atoms with van der Waals surface area (Å²) in [6.45, 7) is 0.492. The van der Waals surface area contributed by atoms with Gasteiger partial charge in [-0.15, -0.1) is 0 Å². The van der Waals surface area contributed by atoms with Crippen LogP contribution < -0.4 is 0 Å². The Morgan fingerprint density at radius 2 is 2.09 bits per heavy atom. The van der Waals surface area contributed by atoms with Gasteiger partial charge in [-0.25, -0.2) is 0 Å². The standard InChI is InChI=1S/C16H15F3N2OS/c17-16(18,19)14-4-2-1-3-11(14)12-7-13(12)15(22)21-5-6-23-9-10(21)8-20/h1-4,10,12-13H,5-7,9H2. The highest BCUT2D eigenvalue weighted by atomic mass is 32.2. The Morgan fingerprint density at radius 1 is 1.35 bits per heavy atom. The minimum atomic E-state index is -4.41. The zero-order valence-electron chi connectivity index (χ0n) is 12.2. The molecule has 23 heavy (non-hydrogen) atoms. The van der Waals surface area contributed by atoms with E-state index in [4.69, 9.17) is 5.26 Å². The van der Waals surface area contributed by atoms with E-state index in [1.54, 1.807) is 17.8 Å². The van der Waals surface area contributed by atoms with Gasteiger partial charge in [0.15, 0.2) is 0 Å². The molecule has 3 atom stereocenters. The summed E-state index contributed by atoms with van der Waals surface area (Å²) in [6.07, 6.45) is -3.99. The van der Waals surface area contributed by atoms with Crippen molar-refractivity contribution in [1.29, 1.82) is 5.26 Å². The Kier molecular flexibility index (Phi) is 4.28. The van der Waals surface area contributed by atoms with Gasteiger partial charge in [0.1, 0.15) is 6.04 Å². The van der Waals surface area contributed by atoms with Crippen LogP contribution in [0.1, 0.15) is 23.5 Å². The first-order valence-corrected chi connectivity index (χ1v) is 8.53. The first-order valence-electron chi connectivity index (χ1n) is 7.37. The van der Waals surface area contributed by atoms with Crippen molar-refractivity contribution in [3.63, 3.8) is 0 Å². The van der Waals surface area contributed by atoms with Crippen molar-refractivity contribution in [2.24, 2.45) is 5.92 Å². The number of hydrogen-bond acceptors (Lipinski definition) is 3. The van der Waals surface area contributed by atoms with Crippen LogP contribution in [0, 0.1) is 17.2 Å². The van der Waals surface area contributed by atoms with E-state index < -0.39 is 29.6 Å². The summed E-state index contributed by atoms with van der Waals surface area (Å²) in [6, 6.07) is 7.08. The predicted octanol–water partition coefficient (Wildman–Crippen LogP) is 3.28. The number of halogens is 3. The molecule has 2 aliphatic rings. The lowest BCUT2D eigenvalue weighted by atomic mass is 10.0. The van der Waals surface area contributed by atoms with Crippen LogP contribution in [0.3, 0.4) is 0 Å². The van der Waals surface area contributed by atoms with Crippen molar-refractivity contribution in [3.8, 4) is 6.07 Å². The highest BCUT2D eigenvalue weighted by molar-refractivity contribution is 7.99. The van der Waals surface area contributed by atoms with E-state index >= 15 is 0 Å². The molecule has 3 unspecified atom stereocenters. The van der Waals surface area contributed by atoms with Crippen LogP contribution in [0.2, 0.25) is 0 Å². The summed E-state index contributed by atoms with van der Waals surface area (Å²) in [5.41, 5.74) is -0.468. The maximum absolute atomic E-state index is 13.1. The summed E-state index contributed by atoms with van der Waals surface area (Å²) < 4.78 is 39.3. The summed E-state index contributed by atoms with van der Waals surface area (Å²) in [5, 5.41) is 9.14. The number of hydrogen-bond donors (Lipinski definition) is 0. The molecule has 122 valence electrons. The summed E-state index contributed by atoms with van der Waals surface area (Å²) in [7, 11) is 0. The average Bonchev–Trinajstić information content (AvgIpc) is 3.34. The summed E-state index contributed by atoms with van der Waals surface area (Å²) >= 11 is 1.62. The normalized spacial score (nSPS) is 27.4. The van der Waals surface area contributed by atoms with E-state index in [9.17, 15) is 18.0 Å². The van der Waals surface area contributed by atoms with Gasteiger partial charge in [0.2, 0.25) is 5.91 Å². The van der Waals surface area contributed by atoms with Crippen LogP contribution in [0.5, 0.6) is 0 Å². The Labute approximate surface area is 136 Å². The van der Waals surface area contributed by atoms with Gasteiger partial charge in [0.25, 0.3) is 0 Å². The van der Waals surface area contributed by atoms with Crippen molar-refractivity contribution < 1.29 is 18.0 Å². The minimum absolute atomic E-state index is 0.182. The van der Waals surface area contributed by atoms with Gasteiger partial charge in [-0.3, -0.25) is 4.79 Å². The van der Waals surface area contributed by atoms with E-state index in [0.717, 1.165) is 11.8 Å². The number of nitrogens with zero attached hydrogens (tertiary/aromatic N) is 2. The number of carbonyl (C=O) groups is 1. The van der Waals surface area contributed by atoms with Crippen LogP contribution >= 0.6 is 11.8 Å². The topological polar surface area (TPSA) is 44.1 Å². The zero-order valence-corrected chi connectivity index (χ0v) is 13.0. The first-order chi connectivity index (χ1) is 10.9. The Morgan fingerprint density at radius 3 is 2.78 bits per heavy atom. The Bertz CT molecular complexity index is 655. The van der Waals surface area contributed by atoms with E-state index in [1.807, 2.05) is 0 Å². The summed E-state index contributed by atoms with van der Waals surface area (Å²) in [5.74, 6) is 0.324. The fraction of sp³-hybridized carbons (Fsp3) is 0.500. The molecule has 0 radical (unpaired) electrons. The molecule has 7 heteroatoms. The fourth-order valence-corrected chi connectivity index (χ4v) is 4.05. The molecule has 0 aromatic heterocycles. The lowest BCUT2D eigenvalue weighted by Gasteiger charge is -2.31. The van der Waals surface area contributed by atoms with E-state index in [-0.39, 0.29) is 11.5 Å². The number of thioether (sulfide) groups is 1. The first kappa shape index (κ1) is 16.2. The van der Waals surface area contributed by atoms with Crippen molar-refractivity contribution in [1.82, 2.24) is 4.90 Å². The zero-order chi connectivity index (χ0) is 16.6. The molecule has 0 spiro atoms. The lowest BCUT2D eigenvalue weighted by molar-refractivity contribution is -0.138. The van der Waals surface area contributed by atoms with Gasteiger partial charge >= 0.3 is 6.18 Å². The number of nitriles is 1. The lowest BCUT2D eigenvalue weighted by Crippen LogP contribution is -2.46. The average molecular weight is 340 g/mol. The SMILES string of the molecule is N#CC1CSCCN1C(=O)C1CC1c1ccccc1C(F)(F)F. The predicted molar refractivity (Wildman–Crippen MR) is 80.7 cm³/mol. The number of rotatable bonds is 2. The molecule has 1 aliphatic heterocycles. The quantitative estimate of drug-likeness (QED) is 0.830. The van der Waals surface area contributed by atoms with E-state index in [0.29, 0.717) is 18.7 Å². The third kappa shape index (κ3) is 3.18. The second kappa shape index (κ2) is 6.08. The van der Waals surface area contributed by atoms with Gasteiger partial charge in [-0.2, -0.15) is 30.2 Å². The molecule has 0 bridgehead atoms.